The smallest absolute Gasteiger partial charge is 0.326 e. The summed E-state index contributed by atoms with van der Waals surface area (Å²) in [5.74, 6) is -3.88. The van der Waals surface area contributed by atoms with Crippen molar-refractivity contribution in [1.82, 2.24) is 16.0 Å². The van der Waals surface area contributed by atoms with E-state index >= 15 is 0 Å². The van der Waals surface area contributed by atoms with Crippen LogP contribution in [0.2, 0.25) is 0 Å². The third kappa shape index (κ3) is 10.5. The number of hydrogen-bond donors (Lipinski definition) is 10. The molecule has 3 amide bonds. The van der Waals surface area contributed by atoms with Gasteiger partial charge in [-0.3, -0.25) is 19.4 Å². The lowest BCUT2D eigenvalue weighted by atomic mass is 10.1. The molecule has 0 aromatic rings. The van der Waals surface area contributed by atoms with Crippen LogP contribution in [0.4, 0.5) is 0 Å². The van der Waals surface area contributed by atoms with E-state index in [2.05, 4.69) is 46.2 Å². The van der Waals surface area contributed by atoms with Gasteiger partial charge in [-0.25, -0.2) is 4.79 Å². The molecule has 0 unspecified atom stereocenters. The predicted molar refractivity (Wildman–Crippen MR) is 116 cm³/mol. The minimum atomic E-state index is -1.45. The molecular weight excluding hydrogens is 438 g/mol. The van der Waals surface area contributed by atoms with Gasteiger partial charge >= 0.3 is 5.97 Å². The van der Waals surface area contributed by atoms with Crippen LogP contribution in [0, 0.1) is 0 Å². The van der Waals surface area contributed by atoms with Crippen LogP contribution >= 0.6 is 25.3 Å². The second-order valence-electron chi connectivity index (χ2n) is 6.12. The minimum absolute atomic E-state index is 0.0148. The van der Waals surface area contributed by atoms with Crippen molar-refractivity contribution in [2.24, 2.45) is 22.2 Å². The van der Waals surface area contributed by atoms with Gasteiger partial charge in [0.05, 0.1) is 12.6 Å². The van der Waals surface area contributed by atoms with Gasteiger partial charge in [-0.2, -0.15) is 25.3 Å². The van der Waals surface area contributed by atoms with Crippen molar-refractivity contribution < 1.29 is 29.4 Å². The van der Waals surface area contributed by atoms with Crippen LogP contribution in [0.5, 0.6) is 0 Å². The third-order valence-electron chi connectivity index (χ3n) is 3.72. The molecule has 15 heteroatoms. The number of nitrogens with one attached hydrogen (secondary N) is 3. The quantitative estimate of drug-likeness (QED) is 0.0514. The van der Waals surface area contributed by atoms with Crippen LogP contribution in [0.15, 0.2) is 4.99 Å². The summed E-state index contributed by atoms with van der Waals surface area (Å²) in [7, 11) is 0. The number of aliphatic hydroxyl groups excluding tert-OH is 1. The first kappa shape index (κ1) is 27.8. The lowest BCUT2D eigenvalue weighted by Crippen LogP contribution is -2.58. The Kier molecular flexibility index (Phi) is 13.6. The largest absolute Gasteiger partial charge is 0.480 e. The van der Waals surface area contributed by atoms with Crippen LogP contribution < -0.4 is 33.2 Å². The van der Waals surface area contributed by atoms with Gasteiger partial charge in [-0.15, -0.1) is 0 Å². The highest BCUT2D eigenvalue weighted by molar-refractivity contribution is 7.80. The maximum atomic E-state index is 12.3. The van der Waals surface area contributed by atoms with Crippen molar-refractivity contribution in [1.29, 1.82) is 0 Å². The van der Waals surface area contributed by atoms with Crippen LogP contribution in [0.25, 0.3) is 0 Å². The van der Waals surface area contributed by atoms with Crippen LogP contribution in [-0.2, 0) is 19.2 Å². The molecule has 0 heterocycles. The number of carboxylic acid groups (broad SMARTS) is 1. The Morgan fingerprint density at radius 1 is 0.900 bits per heavy atom. The van der Waals surface area contributed by atoms with Gasteiger partial charge < -0.3 is 43.4 Å². The summed E-state index contributed by atoms with van der Waals surface area (Å²) in [6.07, 6.45) is 0.283. The zero-order chi connectivity index (χ0) is 23.3. The number of carbonyl (C=O) groups excluding carboxylic acids is 3. The lowest BCUT2D eigenvalue weighted by Gasteiger charge is -2.23. The SMILES string of the molecule is NC(N)=NCCC[C@H](NC(=O)[C@H](CO)NC(=O)[C@H](CS)NC(=O)[C@@H](N)CS)C(=O)O. The Balaban J connectivity index is 4.92. The van der Waals surface area contributed by atoms with Crippen LogP contribution in [-0.4, -0.2) is 88.7 Å². The molecule has 0 saturated heterocycles. The van der Waals surface area contributed by atoms with Crippen molar-refractivity contribution >= 4 is 54.9 Å². The number of nitrogens with two attached hydrogens (primary N) is 3. The molecule has 0 aliphatic rings. The second-order valence-corrected chi connectivity index (χ2v) is 6.86. The Hall–Kier alpha value is -2.23. The normalized spacial score (nSPS) is 14.5. The maximum Gasteiger partial charge on any atom is 0.326 e. The van der Waals surface area contributed by atoms with E-state index in [0.29, 0.717) is 0 Å². The fourth-order valence-corrected chi connectivity index (χ4v) is 2.48. The molecule has 0 rings (SSSR count). The molecule has 0 aliphatic heterocycles. The monoisotopic (exact) mass is 467 g/mol. The van der Waals surface area contributed by atoms with E-state index in [0.717, 1.165) is 0 Å². The minimum Gasteiger partial charge on any atom is -0.480 e. The molecule has 4 atom stereocenters. The average molecular weight is 468 g/mol. The van der Waals surface area contributed by atoms with Crippen molar-refractivity contribution in [3.8, 4) is 0 Å². The van der Waals surface area contributed by atoms with E-state index in [-0.39, 0.29) is 36.9 Å². The number of thiol groups is 2. The molecule has 0 aromatic carbocycles. The first-order valence-corrected chi connectivity index (χ1v) is 10.1. The summed E-state index contributed by atoms with van der Waals surface area (Å²) in [6, 6.07) is -4.82. The number of aliphatic hydroxyl groups is 1. The highest BCUT2D eigenvalue weighted by Gasteiger charge is 2.29. The van der Waals surface area contributed by atoms with Gasteiger partial charge in [0.15, 0.2) is 5.96 Å². The van der Waals surface area contributed by atoms with E-state index in [1.165, 1.54) is 0 Å². The molecule has 11 N–H and O–H groups in total. The average Bonchev–Trinajstić information content (AvgIpc) is 2.70. The van der Waals surface area contributed by atoms with Gasteiger partial charge in [0, 0.05) is 18.1 Å². The van der Waals surface area contributed by atoms with Gasteiger partial charge in [-0.1, -0.05) is 0 Å². The summed E-state index contributed by atoms with van der Waals surface area (Å²) < 4.78 is 0. The Morgan fingerprint density at radius 2 is 1.43 bits per heavy atom. The zero-order valence-corrected chi connectivity index (χ0v) is 17.9. The highest BCUT2D eigenvalue weighted by atomic mass is 32.1. The van der Waals surface area contributed by atoms with Crippen molar-refractivity contribution in [3.05, 3.63) is 0 Å². The molecule has 0 bridgehead atoms. The van der Waals surface area contributed by atoms with E-state index in [1.54, 1.807) is 0 Å². The number of amides is 3. The summed E-state index contributed by atoms with van der Waals surface area (Å²) in [5.41, 5.74) is 15.9. The number of carboxylic acids is 1. The predicted octanol–water partition coefficient (Wildman–Crippen LogP) is -4.24. The molecule has 0 saturated carbocycles. The second kappa shape index (κ2) is 14.7. The Morgan fingerprint density at radius 3 is 1.90 bits per heavy atom. The molecule has 13 nitrogen and oxygen atoms in total. The fraction of sp³-hybridized carbons (Fsp3) is 0.667. The van der Waals surface area contributed by atoms with Crippen LogP contribution in [0.1, 0.15) is 12.8 Å². The molecule has 30 heavy (non-hydrogen) atoms. The van der Waals surface area contributed by atoms with Gasteiger partial charge in [0.25, 0.3) is 0 Å². The van der Waals surface area contributed by atoms with Crippen molar-refractivity contribution in [2.45, 2.75) is 37.0 Å². The van der Waals surface area contributed by atoms with Gasteiger partial charge in [0.2, 0.25) is 17.7 Å². The van der Waals surface area contributed by atoms with Gasteiger partial charge in [-0.05, 0) is 12.8 Å². The molecule has 0 aliphatic carbocycles. The lowest BCUT2D eigenvalue weighted by molar-refractivity contribution is -0.142. The van der Waals surface area contributed by atoms with Gasteiger partial charge in [0.1, 0.15) is 18.1 Å². The molecule has 0 spiro atoms. The standard InChI is InChI=1S/C15H29N7O6S2/c16-7(5-29)11(24)22-10(6-30)13(26)21-9(4-23)12(25)20-8(14(27)28)2-1-3-19-15(17)18/h7-10,23,29-30H,1-6,16H2,(H,20,25)(H,21,26)(H,22,24)(H,27,28)(H4,17,18,19)/t7-,8-,9-,10-/m0/s1. The third-order valence-corrected chi connectivity index (χ3v) is 4.48. The summed E-state index contributed by atoms with van der Waals surface area (Å²) in [6.45, 7) is -0.638. The molecule has 0 radical (unpaired) electrons. The number of carbonyl (C=O) groups is 4. The van der Waals surface area contributed by atoms with E-state index < -0.39 is 54.5 Å². The van der Waals surface area contributed by atoms with E-state index in [1.807, 2.05) is 0 Å². The first-order chi connectivity index (χ1) is 14.1. The van der Waals surface area contributed by atoms with E-state index in [4.69, 9.17) is 17.2 Å². The maximum absolute atomic E-state index is 12.3. The van der Waals surface area contributed by atoms with Crippen molar-refractivity contribution in [2.75, 3.05) is 24.7 Å². The molecule has 0 fully saturated rings. The summed E-state index contributed by atoms with van der Waals surface area (Å²) in [4.78, 5) is 51.5. The number of guanidine groups is 1. The van der Waals surface area contributed by atoms with E-state index in [9.17, 15) is 29.4 Å². The molecule has 0 aromatic heterocycles. The number of aliphatic carboxylic acids is 1. The Labute approximate surface area is 184 Å². The molecule has 172 valence electrons. The number of rotatable bonds is 14. The molecular formula is C15H29N7O6S2. The highest BCUT2D eigenvalue weighted by Crippen LogP contribution is 2.00. The summed E-state index contributed by atoms with van der Waals surface area (Å²) in [5, 5.41) is 25.5. The number of aliphatic imine (C=N–C) groups is 1. The Bertz CT molecular complexity index is 633. The first-order valence-electron chi connectivity index (χ1n) is 8.84. The fourth-order valence-electron chi connectivity index (χ4n) is 2.06. The van der Waals surface area contributed by atoms with Crippen LogP contribution in [0.3, 0.4) is 0 Å². The number of nitrogens with zero attached hydrogens (tertiary/aromatic N) is 1. The number of hydrogen-bond acceptors (Lipinski definition) is 9. The zero-order valence-electron chi connectivity index (χ0n) is 16.2. The summed E-state index contributed by atoms with van der Waals surface area (Å²) >= 11 is 7.86. The van der Waals surface area contributed by atoms with Crippen molar-refractivity contribution in [3.63, 3.8) is 0 Å². The topological polar surface area (TPSA) is 235 Å².